The van der Waals surface area contributed by atoms with Crippen LogP contribution in [0.2, 0.25) is 0 Å². The number of pyridine rings is 1. The number of methoxy groups -OCH3 is 1. The second-order valence-electron chi connectivity index (χ2n) is 8.20. The molecule has 4 rings (SSSR count). The summed E-state index contributed by atoms with van der Waals surface area (Å²) in [6.45, 7) is 7.30. The van der Waals surface area contributed by atoms with Crippen LogP contribution in [-0.2, 0) is 17.7 Å². The molecule has 1 aliphatic rings. The van der Waals surface area contributed by atoms with Gasteiger partial charge in [0.25, 0.3) is 5.56 Å². The summed E-state index contributed by atoms with van der Waals surface area (Å²) in [5.74, 6) is 1.38. The molecule has 0 amide bonds. The van der Waals surface area contributed by atoms with Gasteiger partial charge < -0.3 is 9.72 Å². The lowest BCUT2D eigenvalue weighted by molar-refractivity contribution is 0.144. The lowest BCUT2D eigenvalue weighted by atomic mass is 9.95. The van der Waals surface area contributed by atoms with Crippen molar-refractivity contribution in [1.29, 1.82) is 0 Å². The molecule has 30 heavy (non-hydrogen) atoms. The zero-order valence-corrected chi connectivity index (χ0v) is 18.0. The van der Waals surface area contributed by atoms with E-state index in [1.807, 2.05) is 12.1 Å². The molecule has 0 unspecified atom stereocenters. The molecule has 0 aliphatic carbocycles. The van der Waals surface area contributed by atoms with Crippen molar-refractivity contribution in [3.63, 3.8) is 0 Å². The molecule has 1 aliphatic heterocycles. The van der Waals surface area contributed by atoms with Crippen LogP contribution in [-0.4, -0.2) is 56.9 Å². The molecular weight excluding hydrogens is 380 g/mol. The quantitative estimate of drug-likeness (QED) is 0.644. The molecule has 1 fully saturated rings. The van der Waals surface area contributed by atoms with Crippen LogP contribution in [0.15, 0.2) is 29.1 Å². The SMILES string of the molecule is CCc1ccc2[nH]c(=O)c([C@@H](c3nnnn3CCOC)N3CCC(C)CC3)cc2c1. The summed E-state index contributed by atoms with van der Waals surface area (Å²) in [5, 5.41) is 13.5. The third-order valence-corrected chi connectivity index (χ3v) is 6.13. The van der Waals surface area contributed by atoms with E-state index in [1.165, 1.54) is 5.56 Å². The maximum Gasteiger partial charge on any atom is 0.253 e. The van der Waals surface area contributed by atoms with E-state index in [2.05, 4.69) is 51.4 Å². The molecule has 1 atom stereocenters. The molecule has 8 heteroatoms. The molecule has 0 bridgehead atoms. The van der Waals surface area contributed by atoms with Gasteiger partial charge in [-0.05, 0) is 77.8 Å². The highest BCUT2D eigenvalue weighted by Gasteiger charge is 2.32. The van der Waals surface area contributed by atoms with Crippen LogP contribution < -0.4 is 5.56 Å². The van der Waals surface area contributed by atoms with Crippen LogP contribution in [0.1, 0.15) is 49.7 Å². The third kappa shape index (κ3) is 4.15. The maximum atomic E-state index is 13.2. The van der Waals surface area contributed by atoms with Crippen molar-refractivity contribution in [3.05, 3.63) is 51.6 Å². The van der Waals surface area contributed by atoms with Crippen LogP contribution in [0.3, 0.4) is 0 Å². The topological polar surface area (TPSA) is 88.9 Å². The maximum absolute atomic E-state index is 13.2. The predicted molar refractivity (Wildman–Crippen MR) is 115 cm³/mol. The number of nitrogens with one attached hydrogen (secondary N) is 1. The second kappa shape index (κ2) is 9.06. The number of aromatic nitrogens is 5. The molecule has 0 spiro atoms. The van der Waals surface area contributed by atoms with Crippen molar-refractivity contribution in [2.75, 3.05) is 26.8 Å². The molecule has 0 saturated carbocycles. The van der Waals surface area contributed by atoms with Crippen molar-refractivity contribution >= 4 is 10.9 Å². The highest BCUT2D eigenvalue weighted by molar-refractivity contribution is 5.80. The van der Waals surface area contributed by atoms with Crippen molar-refractivity contribution < 1.29 is 4.74 Å². The first-order chi connectivity index (χ1) is 14.6. The number of hydrogen-bond acceptors (Lipinski definition) is 6. The molecule has 3 aromatic rings. The molecule has 160 valence electrons. The Hall–Kier alpha value is -2.58. The molecule has 0 radical (unpaired) electrons. The summed E-state index contributed by atoms with van der Waals surface area (Å²) < 4.78 is 6.99. The predicted octanol–water partition coefficient (Wildman–Crippen LogP) is 2.54. The van der Waals surface area contributed by atoms with Gasteiger partial charge in [0, 0.05) is 18.2 Å². The van der Waals surface area contributed by atoms with Gasteiger partial charge in [-0.15, -0.1) is 5.10 Å². The number of likely N-dealkylation sites (tertiary alicyclic amines) is 1. The van der Waals surface area contributed by atoms with Gasteiger partial charge in [-0.3, -0.25) is 9.69 Å². The fraction of sp³-hybridized carbons (Fsp3) is 0.545. The number of fused-ring (bicyclic) bond motifs is 1. The zero-order valence-electron chi connectivity index (χ0n) is 18.0. The number of nitrogens with zero attached hydrogens (tertiary/aromatic N) is 5. The Kier molecular flexibility index (Phi) is 6.24. The van der Waals surface area contributed by atoms with Crippen LogP contribution in [0.25, 0.3) is 10.9 Å². The summed E-state index contributed by atoms with van der Waals surface area (Å²) in [6, 6.07) is 7.93. The number of rotatable bonds is 7. The van der Waals surface area contributed by atoms with E-state index in [1.54, 1.807) is 11.8 Å². The minimum Gasteiger partial charge on any atom is -0.383 e. The van der Waals surface area contributed by atoms with E-state index in [0.29, 0.717) is 30.5 Å². The lowest BCUT2D eigenvalue weighted by Crippen LogP contribution is -2.40. The Morgan fingerprint density at radius 3 is 2.80 bits per heavy atom. The van der Waals surface area contributed by atoms with Crippen LogP contribution >= 0.6 is 0 Å². The number of tetrazole rings is 1. The summed E-state index contributed by atoms with van der Waals surface area (Å²) in [4.78, 5) is 18.6. The Labute approximate surface area is 176 Å². The molecular formula is C22H30N6O2. The van der Waals surface area contributed by atoms with Gasteiger partial charge in [-0.1, -0.05) is 19.9 Å². The molecule has 2 aromatic heterocycles. The number of aryl methyl sites for hydroxylation is 1. The van der Waals surface area contributed by atoms with Gasteiger partial charge >= 0.3 is 0 Å². The number of ether oxygens (including phenoxy) is 1. The Bertz CT molecular complexity index is 1050. The number of benzene rings is 1. The average molecular weight is 411 g/mol. The number of piperidine rings is 1. The van der Waals surface area contributed by atoms with Crippen LogP contribution in [0.4, 0.5) is 0 Å². The van der Waals surface area contributed by atoms with Gasteiger partial charge in [0.2, 0.25) is 0 Å². The fourth-order valence-corrected chi connectivity index (χ4v) is 4.23. The normalized spacial score (nSPS) is 16.9. The van der Waals surface area contributed by atoms with E-state index in [4.69, 9.17) is 4.74 Å². The molecule has 8 nitrogen and oxygen atoms in total. The van der Waals surface area contributed by atoms with Crippen molar-refractivity contribution in [3.8, 4) is 0 Å². The van der Waals surface area contributed by atoms with Crippen molar-refractivity contribution in [1.82, 2.24) is 30.1 Å². The smallest absolute Gasteiger partial charge is 0.253 e. The highest BCUT2D eigenvalue weighted by atomic mass is 16.5. The van der Waals surface area contributed by atoms with Gasteiger partial charge in [-0.25, -0.2) is 4.68 Å². The summed E-state index contributed by atoms with van der Waals surface area (Å²) >= 11 is 0. The van der Waals surface area contributed by atoms with E-state index in [0.717, 1.165) is 43.3 Å². The van der Waals surface area contributed by atoms with E-state index in [9.17, 15) is 4.79 Å². The summed E-state index contributed by atoms with van der Waals surface area (Å²) in [5.41, 5.74) is 2.70. The van der Waals surface area contributed by atoms with Gasteiger partial charge in [0.15, 0.2) is 5.82 Å². The third-order valence-electron chi connectivity index (χ3n) is 6.13. The average Bonchev–Trinajstić information content (AvgIpc) is 3.22. The first kappa shape index (κ1) is 20.7. The molecule has 1 saturated heterocycles. The summed E-state index contributed by atoms with van der Waals surface area (Å²) in [7, 11) is 1.66. The van der Waals surface area contributed by atoms with Crippen molar-refractivity contribution in [2.45, 2.75) is 45.7 Å². The first-order valence-electron chi connectivity index (χ1n) is 10.8. The van der Waals surface area contributed by atoms with Crippen molar-refractivity contribution in [2.24, 2.45) is 5.92 Å². The lowest BCUT2D eigenvalue weighted by Gasteiger charge is -2.35. The first-order valence-corrected chi connectivity index (χ1v) is 10.8. The summed E-state index contributed by atoms with van der Waals surface area (Å²) in [6.07, 6.45) is 3.15. The fourth-order valence-electron chi connectivity index (χ4n) is 4.23. The number of H-pyrrole nitrogens is 1. The monoisotopic (exact) mass is 410 g/mol. The second-order valence-corrected chi connectivity index (χ2v) is 8.20. The van der Waals surface area contributed by atoms with Gasteiger partial charge in [0.1, 0.15) is 6.04 Å². The standard InChI is InChI=1S/C22H30N6O2/c1-4-16-5-6-19-17(13-16)14-18(22(29)23-19)20(27-9-7-15(2)8-10-27)21-24-25-26-28(21)11-12-30-3/h5-6,13-15,20H,4,7-12H2,1-3H3,(H,23,29)/t20-/m0/s1. The largest absolute Gasteiger partial charge is 0.383 e. The van der Waals surface area contributed by atoms with Gasteiger partial charge in [0.05, 0.1) is 13.2 Å². The van der Waals surface area contributed by atoms with Crippen LogP contribution in [0, 0.1) is 5.92 Å². The molecule has 1 aromatic carbocycles. The number of aromatic amines is 1. The van der Waals surface area contributed by atoms with E-state index < -0.39 is 0 Å². The van der Waals surface area contributed by atoms with Gasteiger partial charge in [-0.2, -0.15) is 0 Å². The Morgan fingerprint density at radius 1 is 1.27 bits per heavy atom. The minimum absolute atomic E-state index is 0.0864. The minimum atomic E-state index is -0.289. The Balaban J connectivity index is 1.82. The van der Waals surface area contributed by atoms with E-state index >= 15 is 0 Å². The van der Waals surface area contributed by atoms with Crippen LogP contribution in [0.5, 0.6) is 0 Å². The molecule has 3 heterocycles. The highest BCUT2D eigenvalue weighted by Crippen LogP contribution is 2.30. The molecule has 1 N–H and O–H groups in total. The van der Waals surface area contributed by atoms with E-state index in [-0.39, 0.29) is 11.6 Å². The Morgan fingerprint density at radius 2 is 2.07 bits per heavy atom. The zero-order chi connectivity index (χ0) is 21.1. The number of hydrogen-bond donors (Lipinski definition) is 1.